The van der Waals surface area contributed by atoms with Crippen LogP contribution in [0.15, 0.2) is 23.4 Å². The average Bonchev–Trinajstić information content (AvgIpc) is 2.37. The first-order valence-electron chi connectivity index (χ1n) is 5.42. The SMILES string of the molecule is CSCO/N=C(\C)c1ccc(Cl)cc1C(F)(F)F.N=S(=O)=O. The Balaban J connectivity index is 0.000000980. The minimum absolute atomic E-state index is 0.0314. The van der Waals surface area contributed by atoms with E-state index in [4.69, 9.17) is 29.6 Å². The van der Waals surface area contributed by atoms with Gasteiger partial charge in [-0.2, -0.15) is 26.4 Å². The van der Waals surface area contributed by atoms with E-state index in [0.717, 1.165) is 6.07 Å². The second-order valence-corrected chi connectivity index (χ2v) is 5.35. The molecule has 124 valence electrons. The van der Waals surface area contributed by atoms with Crippen LogP contribution in [0, 0.1) is 4.78 Å². The highest BCUT2D eigenvalue weighted by Gasteiger charge is 2.34. The Labute approximate surface area is 136 Å². The number of nitrogens with one attached hydrogen (secondary N) is 1. The monoisotopic (exact) mass is 376 g/mol. The van der Waals surface area contributed by atoms with E-state index in [1.807, 2.05) is 0 Å². The molecular weight excluding hydrogens is 365 g/mol. The largest absolute Gasteiger partial charge is 0.417 e. The van der Waals surface area contributed by atoms with Gasteiger partial charge in [-0.1, -0.05) is 22.8 Å². The van der Waals surface area contributed by atoms with Gasteiger partial charge in [0.1, 0.15) is 0 Å². The number of benzene rings is 1. The molecular formula is C11H12ClF3N2O3S2. The van der Waals surface area contributed by atoms with Crippen LogP contribution in [0.25, 0.3) is 0 Å². The number of thioether (sulfide) groups is 1. The molecule has 1 N–H and O–H groups in total. The van der Waals surface area contributed by atoms with Crippen LogP contribution < -0.4 is 0 Å². The first-order chi connectivity index (χ1) is 10.1. The molecule has 0 bridgehead atoms. The van der Waals surface area contributed by atoms with Crippen molar-refractivity contribution in [2.24, 2.45) is 5.16 Å². The van der Waals surface area contributed by atoms with Gasteiger partial charge in [0.2, 0.25) is 0 Å². The summed E-state index contributed by atoms with van der Waals surface area (Å²) in [6.07, 6.45) is -2.68. The fourth-order valence-corrected chi connectivity index (χ4v) is 1.62. The van der Waals surface area contributed by atoms with Crippen molar-refractivity contribution in [3.05, 3.63) is 34.3 Å². The van der Waals surface area contributed by atoms with E-state index < -0.39 is 22.2 Å². The molecule has 0 amide bonds. The van der Waals surface area contributed by atoms with Crippen molar-refractivity contribution in [1.29, 1.82) is 4.78 Å². The molecule has 0 radical (unpaired) electrons. The van der Waals surface area contributed by atoms with Gasteiger partial charge in [-0.05, 0) is 25.3 Å². The highest BCUT2D eigenvalue weighted by Crippen LogP contribution is 2.34. The molecule has 0 unspecified atom stereocenters. The van der Waals surface area contributed by atoms with Gasteiger partial charge < -0.3 is 4.84 Å². The fourth-order valence-electron chi connectivity index (χ4n) is 1.29. The van der Waals surface area contributed by atoms with Crippen molar-refractivity contribution in [3.63, 3.8) is 0 Å². The number of hydrogen-bond donors (Lipinski definition) is 1. The zero-order valence-corrected chi connectivity index (χ0v) is 13.8. The fraction of sp³-hybridized carbons (Fsp3) is 0.364. The highest BCUT2D eigenvalue weighted by atomic mass is 35.5. The second-order valence-electron chi connectivity index (χ2n) is 3.63. The second kappa shape index (κ2) is 9.70. The van der Waals surface area contributed by atoms with Crippen LogP contribution in [-0.2, 0) is 21.5 Å². The van der Waals surface area contributed by atoms with E-state index >= 15 is 0 Å². The van der Waals surface area contributed by atoms with Gasteiger partial charge in [0.25, 0.3) is 0 Å². The summed E-state index contributed by atoms with van der Waals surface area (Å²) < 4.78 is 61.3. The Morgan fingerprint density at radius 3 is 2.45 bits per heavy atom. The van der Waals surface area contributed by atoms with E-state index in [-0.39, 0.29) is 22.2 Å². The van der Waals surface area contributed by atoms with Crippen molar-refractivity contribution in [3.8, 4) is 0 Å². The zero-order chi connectivity index (χ0) is 17.3. The molecule has 0 aliphatic carbocycles. The Hall–Kier alpha value is -1.26. The maximum absolute atomic E-state index is 12.8. The lowest BCUT2D eigenvalue weighted by Gasteiger charge is -2.12. The van der Waals surface area contributed by atoms with Gasteiger partial charge in [0.05, 0.1) is 11.3 Å². The van der Waals surface area contributed by atoms with Crippen LogP contribution in [-0.4, -0.2) is 26.3 Å². The van der Waals surface area contributed by atoms with Crippen LogP contribution in [0.3, 0.4) is 0 Å². The van der Waals surface area contributed by atoms with Crippen molar-refractivity contribution in [1.82, 2.24) is 0 Å². The Kier molecular flexibility index (Phi) is 9.14. The minimum Gasteiger partial charge on any atom is -0.385 e. The zero-order valence-electron chi connectivity index (χ0n) is 11.4. The third kappa shape index (κ3) is 8.25. The number of nitrogens with zero attached hydrogens (tertiary/aromatic N) is 1. The average molecular weight is 377 g/mol. The summed E-state index contributed by atoms with van der Waals surface area (Å²) in [5.74, 6) is 0.284. The summed E-state index contributed by atoms with van der Waals surface area (Å²) in [7, 11) is -2.61. The normalized spacial score (nSPS) is 11.5. The van der Waals surface area contributed by atoms with Crippen LogP contribution in [0.4, 0.5) is 13.2 Å². The summed E-state index contributed by atoms with van der Waals surface area (Å²) in [4.78, 5) is 4.85. The summed E-state index contributed by atoms with van der Waals surface area (Å²) in [5, 5.41) is 3.67. The Morgan fingerprint density at radius 1 is 1.45 bits per heavy atom. The molecule has 1 aromatic rings. The molecule has 0 atom stereocenters. The molecule has 0 saturated heterocycles. The maximum atomic E-state index is 12.8. The molecule has 0 fully saturated rings. The van der Waals surface area contributed by atoms with Gasteiger partial charge >= 0.3 is 16.7 Å². The summed E-state index contributed by atoms with van der Waals surface area (Å²) in [6, 6.07) is 3.55. The number of alkyl halides is 3. The van der Waals surface area contributed by atoms with Crippen molar-refractivity contribution in [2.75, 3.05) is 12.2 Å². The Bertz CT molecular complexity index is 627. The molecule has 0 spiro atoms. The van der Waals surface area contributed by atoms with Crippen LogP contribution in [0.1, 0.15) is 18.1 Å². The predicted molar refractivity (Wildman–Crippen MR) is 79.8 cm³/mol. The minimum atomic E-state index is -4.48. The van der Waals surface area contributed by atoms with Crippen LogP contribution >= 0.6 is 23.4 Å². The van der Waals surface area contributed by atoms with Crippen molar-refractivity contribution in [2.45, 2.75) is 13.1 Å². The third-order valence-electron chi connectivity index (χ3n) is 2.05. The molecule has 11 heteroatoms. The quantitative estimate of drug-likeness (QED) is 0.372. The summed E-state index contributed by atoms with van der Waals surface area (Å²) in [5.41, 5.74) is -0.690. The van der Waals surface area contributed by atoms with E-state index in [9.17, 15) is 13.2 Å². The topological polar surface area (TPSA) is 79.6 Å². The molecule has 1 aromatic carbocycles. The van der Waals surface area contributed by atoms with Gasteiger partial charge in [-0.25, -0.2) is 0 Å². The van der Waals surface area contributed by atoms with Gasteiger partial charge in [-0.15, -0.1) is 11.8 Å². The lowest BCUT2D eigenvalue weighted by Crippen LogP contribution is -2.12. The van der Waals surface area contributed by atoms with E-state index in [2.05, 4.69) is 5.16 Å². The molecule has 0 saturated carbocycles. The molecule has 1 rings (SSSR count). The first kappa shape index (κ1) is 20.7. The van der Waals surface area contributed by atoms with Crippen LogP contribution in [0.5, 0.6) is 0 Å². The Morgan fingerprint density at radius 2 is 2.00 bits per heavy atom. The number of halogens is 4. The van der Waals surface area contributed by atoms with E-state index in [1.165, 1.54) is 30.8 Å². The molecule has 22 heavy (non-hydrogen) atoms. The summed E-state index contributed by atoms with van der Waals surface area (Å²) in [6.45, 7) is 1.46. The molecule has 0 heterocycles. The van der Waals surface area contributed by atoms with Crippen molar-refractivity contribution >= 4 is 39.6 Å². The van der Waals surface area contributed by atoms with Gasteiger partial charge in [0, 0.05) is 10.6 Å². The van der Waals surface area contributed by atoms with Crippen molar-refractivity contribution < 1.29 is 26.4 Å². The number of hydrogen-bond acceptors (Lipinski definition) is 6. The van der Waals surface area contributed by atoms with E-state index in [0.29, 0.717) is 0 Å². The molecule has 0 aliphatic rings. The predicted octanol–water partition coefficient (Wildman–Crippen LogP) is 4.05. The molecule has 0 aliphatic heterocycles. The van der Waals surface area contributed by atoms with Crippen LogP contribution in [0.2, 0.25) is 5.02 Å². The van der Waals surface area contributed by atoms with Gasteiger partial charge in [-0.3, -0.25) is 0 Å². The number of oxime groups is 1. The third-order valence-corrected chi connectivity index (χ3v) is 2.63. The first-order valence-corrected chi connectivity index (χ1v) is 8.27. The molecule has 5 nitrogen and oxygen atoms in total. The lowest BCUT2D eigenvalue weighted by molar-refractivity contribution is -0.137. The summed E-state index contributed by atoms with van der Waals surface area (Å²) >= 11 is 6.96. The smallest absolute Gasteiger partial charge is 0.385 e. The molecule has 0 aromatic heterocycles. The van der Waals surface area contributed by atoms with Gasteiger partial charge in [0.15, 0.2) is 5.94 Å². The maximum Gasteiger partial charge on any atom is 0.417 e. The van der Waals surface area contributed by atoms with E-state index in [1.54, 1.807) is 6.26 Å². The lowest BCUT2D eigenvalue weighted by atomic mass is 10.0. The highest BCUT2D eigenvalue weighted by molar-refractivity contribution is 7.98. The standard InChI is InChI=1S/C11H11ClF3NOS.HNO2S/c1-7(16-17-6-18-2)9-4-3-8(12)5-10(9)11(13,14)15;1-4(2)3/h3-5H,6H2,1-2H3;1H/b16-7+;. The number of rotatable bonds is 4.